The third kappa shape index (κ3) is 5.30. The molecule has 2 N–H and O–H groups in total. The molecule has 0 spiro atoms. The first-order valence-corrected chi connectivity index (χ1v) is 9.09. The van der Waals surface area contributed by atoms with E-state index in [-0.39, 0.29) is 5.75 Å². The minimum absolute atomic E-state index is 0.257. The summed E-state index contributed by atoms with van der Waals surface area (Å²) in [7, 11) is 1.45. The zero-order valence-electron chi connectivity index (χ0n) is 16.2. The largest absolute Gasteiger partial charge is 0.493 e. The summed E-state index contributed by atoms with van der Waals surface area (Å²) in [6, 6.07) is 22.0. The Morgan fingerprint density at radius 2 is 1.63 bits per heavy atom. The van der Waals surface area contributed by atoms with Crippen molar-refractivity contribution in [2.24, 2.45) is 5.10 Å². The molecule has 0 bridgehead atoms. The molecule has 1 atom stereocenters. The molecule has 0 fully saturated rings. The average molecular weight is 404 g/mol. The van der Waals surface area contributed by atoms with E-state index in [9.17, 15) is 14.7 Å². The third-order valence-corrected chi connectivity index (χ3v) is 4.15. The highest BCUT2D eigenvalue weighted by Crippen LogP contribution is 2.28. The van der Waals surface area contributed by atoms with E-state index in [0.717, 1.165) is 0 Å². The van der Waals surface area contributed by atoms with Crippen LogP contribution in [0.5, 0.6) is 11.5 Å². The standard InChI is InChI=1S/C23H20N2O5/c1-29-20-14-16(12-13-19(20)30-23(28)18-10-6-3-7-11-18)15-24-25-22(27)21(26)17-8-4-2-5-9-17/h2-15,21,26H,1H3,(H,25,27)/b24-15-/t21-/m1/s1. The van der Waals surface area contributed by atoms with Gasteiger partial charge in [-0.1, -0.05) is 48.5 Å². The van der Waals surface area contributed by atoms with Crippen LogP contribution in [0, 0.1) is 0 Å². The fourth-order valence-corrected chi connectivity index (χ4v) is 2.60. The highest BCUT2D eigenvalue weighted by Gasteiger charge is 2.16. The van der Waals surface area contributed by atoms with Crippen molar-refractivity contribution < 1.29 is 24.2 Å². The maximum absolute atomic E-state index is 12.2. The van der Waals surface area contributed by atoms with Crippen LogP contribution in [0.1, 0.15) is 27.6 Å². The summed E-state index contributed by atoms with van der Waals surface area (Å²) < 4.78 is 10.7. The van der Waals surface area contributed by atoms with Crippen molar-refractivity contribution in [3.05, 3.63) is 95.6 Å². The van der Waals surface area contributed by atoms with Crippen LogP contribution in [0.4, 0.5) is 0 Å². The second-order valence-electron chi connectivity index (χ2n) is 6.21. The van der Waals surface area contributed by atoms with Crippen LogP contribution in [0.25, 0.3) is 0 Å². The number of aliphatic hydroxyl groups is 1. The summed E-state index contributed by atoms with van der Waals surface area (Å²) in [6.45, 7) is 0. The van der Waals surface area contributed by atoms with E-state index in [1.165, 1.54) is 13.3 Å². The van der Waals surface area contributed by atoms with Gasteiger partial charge in [0.1, 0.15) is 0 Å². The van der Waals surface area contributed by atoms with Crippen LogP contribution in [0.15, 0.2) is 84.0 Å². The SMILES string of the molecule is COc1cc(/C=N\NC(=O)[C@H](O)c2ccccc2)ccc1OC(=O)c1ccccc1. The summed E-state index contributed by atoms with van der Waals surface area (Å²) in [5, 5.41) is 13.9. The van der Waals surface area contributed by atoms with Gasteiger partial charge in [0.15, 0.2) is 17.6 Å². The number of esters is 1. The number of nitrogens with zero attached hydrogens (tertiary/aromatic N) is 1. The highest BCUT2D eigenvalue weighted by molar-refractivity contribution is 5.91. The van der Waals surface area contributed by atoms with Gasteiger partial charge in [-0.25, -0.2) is 10.2 Å². The van der Waals surface area contributed by atoms with Crippen molar-refractivity contribution in [2.75, 3.05) is 7.11 Å². The molecule has 152 valence electrons. The summed E-state index contributed by atoms with van der Waals surface area (Å²) in [5.41, 5.74) is 3.78. The molecule has 30 heavy (non-hydrogen) atoms. The van der Waals surface area contributed by atoms with Gasteiger partial charge in [-0.05, 0) is 41.5 Å². The van der Waals surface area contributed by atoms with Crippen LogP contribution in [0.3, 0.4) is 0 Å². The Kier molecular flexibility index (Phi) is 6.91. The molecule has 0 aliphatic carbocycles. The molecular weight excluding hydrogens is 384 g/mol. The van der Waals surface area contributed by atoms with Crippen molar-refractivity contribution in [1.82, 2.24) is 5.43 Å². The Balaban J connectivity index is 1.64. The van der Waals surface area contributed by atoms with Gasteiger partial charge in [0.25, 0.3) is 5.91 Å². The third-order valence-electron chi connectivity index (χ3n) is 4.15. The molecule has 0 saturated carbocycles. The predicted octanol–water partition coefficient (Wildman–Crippen LogP) is 3.10. The summed E-state index contributed by atoms with van der Waals surface area (Å²) in [6.07, 6.45) is 0.0682. The van der Waals surface area contributed by atoms with E-state index in [2.05, 4.69) is 10.5 Å². The highest BCUT2D eigenvalue weighted by atomic mass is 16.6. The molecule has 3 aromatic carbocycles. The van der Waals surface area contributed by atoms with Crippen LogP contribution in [-0.2, 0) is 4.79 Å². The number of amides is 1. The summed E-state index contributed by atoms with van der Waals surface area (Å²) >= 11 is 0. The molecule has 0 radical (unpaired) electrons. The van der Waals surface area contributed by atoms with Crippen molar-refractivity contribution in [1.29, 1.82) is 0 Å². The molecule has 3 rings (SSSR count). The zero-order chi connectivity index (χ0) is 21.3. The van der Waals surface area contributed by atoms with E-state index in [1.807, 2.05) is 6.07 Å². The van der Waals surface area contributed by atoms with E-state index < -0.39 is 18.0 Å². The first-order valence-electron chi connectivity index (χ1n) is 9.09. The quantitative estimate of drug-likeness (QED) is 0.273. The first kappa shape index (κ1) is 20.8. The van der Waals surface area contributed by atoms with Crippen LogP contribution >= 0.6 is 0 Å². The molecule has 0 unspecified atom stereocenters. The number of methoxy groups -OCH3 is 1. The Morgan fingerprint density at radius 1 is 0.967 bits per heavy atom. The second kappa shape index (κ2) is 9.99. The van der Waals surface area contributed by atoms with Crippen LogP contribution in [0.2, 0.25) is 0 Å². The van der Waals surface area contributed by atoms with Crippen LogP contribution < -0.4 is 14.9 Å². The lowest BCUT2D eigenvalue weighted by Gasteiger charge is -2.10. The van der Waals surface area contributed by atoms with Gasteiger partial charge in [0.2, 0.25) is 0 Å². The number of aliphatic hydroxyl groups excluding tert-OH is 1. The Labute approximate surface area is 173 Å². The molecular formula is C23H20N2O5. The number of nitrogens with one attached hydrogen (secondary N) is 1. The molecule has 0 saturated heterocycles. The molecule has 0 aliphatic rings. The van der Waals surface area contributed by atoms with Crippen molar-refractivity contribution in [2.45, 2.75) is 6.10 Å². The average Bonchev–Trinajstić information content (AvgIpc) is 2.80. The number of hydrazone groups is 1. The number of carbonyl (C=O) groups excluding carboxylic acids is 2. The minimum atomic E-state index is -1.32. The van der Waals surface area contributed by atoms with Gasteiger partial charge in [0.05, 0.1) is 18.9 Å². The normalized spacial score (nSPS) is 11.7. The Bertz CT molecular complexity index is 1040. The lowest BCUT2D eigenvalue weighted by atomic mass is 10.1. The number of carbonyl (C=O) groups is 2. The molecule has 0 aromatic heterocycles. The number of ether oxygens (including phenoxy) is 2. The molecule has 7 heteroatoms. The van der Waals surface area contributed by atoms with Gasteiger partial charge in [0, 0.05) is 0 Å². The number of hydrogen-bond donors (Lipinski definition) is 2. The second-order valence-corrected chi connectivity index (χ2v) is 6.21. The van der Waals surface area contributed by atoms with Crippen molar-refractivity contribution in [3.8, 4) is 11.5 Å². The molecule has 0 heterocycles. The lowest BCUT2D eigenvalue weighted by molar-refractivity contribution is -0.129. The number of hydrogen-bond acceptors (Lipinski definition) is 6. The number of rotatable bonds is 7. The summed E-state index contributed by atoms with van der Waals surface area (Å²) in [5.74, 6) is -0.568. The van der Waals surface area contributed by atoms with Crippen molar-refractivity contribution >= 4 is 18.1 Å². The van der Waals surface area contributed by atoms with E-state index >= 15 is 0 Å². The van der Waals surface area contributed by atoms with Gasteiger partial charge in [-0.2, -0.15) is 5.10 Å². The van der Waals surface area contributed by atoms with Crippen LogP contribution in [-0.4, -0.2) is 30.3 Å². The topological polar surface area (TPSA) is 97.2 Å². The van der Waals surface area contributed by atoms with E-state index in [0.29, 0.717) is 22.4 Å². The van der Waals surface area contributed by atoms with Gasteiger partial charge in [-0.15, -0.1) is 0 Å². The minimum Gasteiger partial charge on any atom is -0.493 e. The van der Waals surface area contributed by atoms with Gasteiger partial charge >= 0.3 is 5.97 Å². The molecule has 3 aromatic rings. The zero-order valence-corrected chi connectivity index (χ0v) is 16.2. The summed E-state index contributed by atoms with van der Waals surface area (Å²) in [4.78, 5) is 24.2. The molecule has 0 aliphatic heterocycles. The maximum Gasteiger partial charge on any atom is 0.343 e. The Morgan fingerprint density at radius 3 is 2.30 bits per heavy atom. The Hall–Kier alpha value is -3.97. The maximum atomic E-state index is 12.2. The van der Waals surface area contributed by atoms with Gasteiger partial charge in [-0.3, -0.25) is 4.79 Å². The monoisotopic (exact) mass is 404 g/mol. The van der Waals surface area contributed by atoms with E-state index in [4.69, 9.17) is 9.47 Å². The molecule has 7 nitrogen and oxygen atoms in total. The fourth-order valence-electron chi connectivity index (χ4n) is 2.60. The fraction of sp³-hybridized carbons (Fsp3) is 0.0870. The first-order chi connectivity index (χ1) is 14.6. The smallest absolute Gasteiger partial charge is 0.343 e. The van der Waals surface area contributed by atoms with Crippen molar-refractivity contribution in [3.63, 3.8) is 0 Å². The lowest BCUT2D eigenvalue weighted by Crippen LogP contribution is -2.25. The molecule has 1 amide bonds. The van der Waals surface area contributed by atoms with E-state index in [1.54, 1.807) is 72.8 Å². The number of benzene rings is 3. The predicted molar refractivity (Wildman–Crippen MR) is 112 cm³/mol. The van der Waals surface area contributed by atoms with Gasteiger partial charge < -0.3 is 14.6 Å².